The summed E-state index contributed by atoms with van der Waals surface area (Å²) in [6.45, 7) is 2.45. The molecule has 7 heteroatoms. The number of hydrogen-bond acceptors (Lipinski definition) is 5. The minimum Gasteiger partial charge on any atom is -0.383 e. The van der Waals surface area contributed by atoms with Crippen molar-refractivity contribution < 1.29 is 13.2 Å². The van der Waals surface area contributed by atoms with Gasteiger partial charge in [0.2, 0.25) is 0 Å². The molecule has 1 aromatic rings. The molecule has 1 rings (SSSR count). The molecule has 0 bridgehead atoms. The minimum absolute atomic E-state index is 0.102. The van der Waals surface area contributed by atoms with Gasteiger partial charge in [-0.2, -0.15) is 0 Å². The average molecular weight is 335 g/mol. The molecule has 0 saturated carbocycles. The Labute approximate surface area is 132 Å². The van der Waals surface area contributed by atoms with E-state index >= 15 is 0 Å². The van der Waals surface area contributed by atoms with Crippen LogP contribution in [0.3, 0.4) is 0 Å². The lowest BCUT2D eigenvalue weighted by Gasteiger charge is -2.23. The molecule has 0 aromatic heterocycles. The first-order valence-corrected chi connectivity index (χ1v) is 9.15. The molecule has 0 unspecified atom stereocenters. The topological polar surface area (TPSA) is 58.6 Å². The van der Waals surface area contributed by atoms with Crippen LogP contribution >= 0.6 is 11.6 Å². The Morgan fingerprint density at radius 3 is 2.71 bits per heavy atom. The monoisotopic (exact) mass is 334 g/mol. The first-order chi connectivity index (χ1) is 9.85. The number of methoxy groups -OCH3 is 1. The van der Waals surface area contributed by atoms with E-state index in [4.69, 9.17) is 16.3 Å². The van der Waals surface area contributed by atoms with E-state index in [9.17, 15) is 8.42 Å². The van der Waals surface area contributed by atoms with Gasteiger partial charge >= 0.3 is 0 Å². The van der Waals surface area contributed by atoms with E-state index < -0.39 is 9.84 Å². The van der Waals surface area contributed by atoms with Crippen LogP contribution in [0.5, 0.6) is 0 Å². The molecule has 0 heterocycles. The zero-order valence-corrected chi connectivity index (χ0v) is 14.3. The van der Waals surface area contributed by atoms with Crippen molar-refractivity contribution in [3.8, 4) is 0 Å². The van der Waals surface area contributed by atoms with Crippen LogP contribution in [0.2, 0.25) is 5.02 Å². The molecule has 0 aliphatic carbocycles. The Balaban J connectivity index is 2.78. The van der Waals surface area contributed by atoms with Crippen LogP contribution in [0.15, 0.2) is 18.2 Å². The van der Waals surface area contributed by atoms with Gasteiger partial charge in [0.1, 0.15) is 9.84 Å². The second kappa shape index (κ2) is 8.58. The zero-order valence-electron chi connectivity index (χ0n) is 12.7. The molecule has 0 amide bonds. The van der Waals surface area contributed by atoms with Crippen molar-refractivity contribution in [2.75, 3.05) is 50.8 Å². The number of nitrogens with zero attached hydrogens (tertiary/aromatic N) is 1. The zero-order chi connectivity index (χ0) is 15.9. The van der Waals surface area contributed by atoms with Crippen molar-refractivity contribution >= 4 is 27.1 Å². The SMILES string of the molecule is COCCNCc1cccc(Cl)c1N(C)CCS(C)(=O)=O. The highest BCUT2D eigenvalue weighted by atomic mass is 35.5. The van der Waals surface area contributed by atoms with Crippen molar-refractivity contribution in [3.05, 3.63) is 28.8 Å². The van der Waals surface area contributed by atoms with Gasteiger partial charge < -0.3 is 15.0 Å². The Morgan fingerprint density at radius 2 is 2.10 bits per heavy atom. The third-order valence-corrected chi connectivity index (χ3v) is 4.28. The summed E-state index contributed by atoms with van der Waals surface area (Å²) in [5.41, 5.74) is 1.90. The van der Waals surface area contributed by atoms with E-state index in [1.54, 1.807) is 7.11 Å². The molecule has 0 fully saturated rings. The first kappa shape index (κ1) is 18.2. The van der Waals surface area contributed by atoms with Gasteiger partial charge in [-0.15, -0.1) is 0 Å². The molecule has 0 radical (unpaired) electrons. The van der Waals surface area contributed by atoms with E-state index in [0.717, 1.165) is 17.8 Å². The normalized spacial score (nSPS) is 11.6. The predicted octanol–water partition coefficient (Wildman–Crippen LogP) is 1.56. The summed E-state index contributed by atoms with van der Waals surface area (Å²) >= 11 is 6.27. The number of ether oxygens (including phenoxy) is 1. The van der Waals surface area contributed by atoms with Crippen LogP contribution in [-0.4, -0.2) is 54.3 Å². The lowest BCUT2D eigenvalue weighted by Crippen LogP contribution is -2.27. The average Bonchev–Trinajstić information content (AvgIpc) is 2.40. The summed E-state index contributed by atoms with van der Waals surface area (Å²) in [6, 6.07) is 5.69. The summed E-state index contributed by atoms with van der Waals surface area (Å²) < 4.78 is 27.6. The molecule has 21 heavy (non-hydrogen) atoms. The molecule has 0 spiro atoms. The van der Waals surface area contributed by atoms with Gasteiger partial charge in [0.15, 0.2) is 0 Å². The maximum atomic E-state index is 11.3. The highest BCUT2D eigenvalue weighted by Crippen LogP contribution is 2.29. The molecule has 0 atom stereocenters. The van der Waals surface area contributed by atoms with Crippen molar-refractivity contribution in [1.29, 1.82) is 0 Å². The van der Waals surface area contributed by atoms with Crippen molar-refractivity contribution in [2.45, 2.75) is 6.54 Å². The molecular weight excluding hydrogens is 312 g/mol. The number of halogens is 1. The summed E-state index contributed by atoms with van der Waals surface area (Å²) in [4.78, 5) is 1.89. The predicted molar refractivity (Wildman–Crippen MR) is 88.0 cm³/mol. The van der Waals surface area contributed by atoms with Gasteiger partial charge in [-0.05, 0) is 11.6 Å². The molecule has 120 valence electrons. The number of para-hydroxylation sites is 1. The third-order valence-electron chi connectivity index (χ3n) is 3.05. The van der Waals surface area contributed by atoms with E-state index in [0.29, 0.717) is 24.7 Å². The summed E-state index contributed by atoms with van der Waals surface area (Å²) in [6.07, 6.45) is 1.24. The maximum Gasteiger partial charge on any atom is 0.149 e. The van der Waals surface area contributed by atoms with E-state index in [1.807, 2.05) is 30.1 Å². The largest absolute Gasteiger partial charge is 0.383 e. The number of anilines is 1. The Morgan fingerprint density at radius 1 is 1.38 bits per heavy atom. The second-order valence-electron chi connectivity index (χ2n) is 4.97. The van der Waals surface area contributed by atoms with Gasteiger partial charge in [-0.3, -0.25) is 0 Å². The van der Waals surface area contributed by atoms with Crippen molar-refractivity contribution in [3.63, 3.8) is 0 Å². The van der Waals surface area contributed by atoms with Crippen LogP contribution in [0.25, 0.3) is 0 Å². The molecular formula is C14H23ClN2O3S. The summed E-state index contributed by atoms with van der Waals surface area (Å²) in [5.74, 6) is 0.102. The Kier molecular flexibility index (Phi) is 7.45. The van der Waals surface area contributed by atoms with E-state index in [1.165, 1.54) is 6.26 Å². The number of benzene rings is 1. The van der Waals surface area contributed by atoms with Crippen molar-refractivity contribution in [1.82, 2.24) is 5.32 Å². The fraction of sp³-hybridized carbons (Fsp3) is 0.571. The Hall–Kier alpha value is -0.820. The van der Waals surface area contributed by atoms with Crippen LogP contribution < -0.4 is 10.2 Å². The smallest absolute Gasteiger partial charge is 0.149 e. The van der Waals surface area contributed by atoms with Crippen LogP contribution in [0.4, 0.5) is 5.69 Å². The summed E-state index contributed by atoms with van der Waals surface area (Å²) in [7, 11) is 0.516. The van der Waals surface area contributed by atoms with E-state index in [2.05, 4.69) is 5.32 Å². The van der Waals surface area contributed by atoms with Crippen LogP contribution in [0, 0.1) is 0 Å². The lowest BCUT2D eigenvalue weighted by molar-refractivity contribution is 0.199. The standard InChI is InChI=1S/C14H23ClN2O3S/c1-17(8-10-21(3,18)19)14-12(5-4-6-13(14)15)11-16-7-9-20-2/h4-6,16H,7-11H2,1-3H3. The van der Waals surface area contributed by atoms with E-state index in [-0.39, 0.29) is 5.75 Å². The van der Waals surface area contributed by atoms with Gasteiger partial charge in [0, 0.05) is 40.0 Å². The van der Waals surface area contributed by atoms with Crippen molar-refractivity contribution in [2.24, 2.45) is 0 Å². The van der Waals surface area contributed by atoms with Gasteiger partial charge in [0.05, 0.1) is 23.1 Å². The molecule has 1 N–H and O–H groups in total. The van der Waals surface area contributed by atoms with Gasteiger partial charge in [0.25, 0.3) is 0 Å². The fourth-order valence-electron chi connectivity index (χ4n) is 1.94. The quantitative estimate of drug-likeness (QED) is 0.694. The molecule has 0 saturated heterocycles. The van der Waals surface area contributed by atoms with Crippen LogP contribution in [0.1, 0.15) is 5.56 Å². The highest BCUT2D eigenvalue weighted by molar-refractivity contribution is 7.90. The number of rotatable bonds is 9. The maximum absolute atomic E-state index is 11.3. The first-order valence-electron chi connectivity index (χ1n) is 6.71. The molecule has 0 aliphatic heterocycles. The minimum atomic E-state index is -2.99. The summed E-state index contributed by atoms with van der Waals surface area (Å²) in [5, 5.41) is 3.89. The van der Waals surface area contributed by atoms with Crippen LogP contribution in [-0.2, 0) is 21.1 Å². The van der Waals surface area contributed by atoms with Gasteiger partial charge in [-0.25, -0.2) is 8.42 Å². The van der Waals surface area contributed by atoms with Gasteiger partial charge in [-0.1, -0.05) is 23.7 Å². The number of nitrogens with one attached hydrogen (secondary N) is 1. The molecule has 5 nitrogen and oxygen atoms in total. The molecule has 1 aromatic carbocycles. The number of sulfone groups is 1. The lowest BCUT2D eigenvalue weighted by atomic mass is 10.1. The second-order valence-corrected chi connectivity index (χ2v) is 7.64. The highest BCUT2D eigenvalue weighted by Gasteiger charge is 2.13. The fourth-order valence-corrected chi connectivity index (χ4v) is 2.89. The molecule has 0 aliphatic rings. The Bertz CT molecular complexity index is 549. The number of hydrogen-bond donors (Lipinski definition) is 1. The third kappa shape index (κ3) is 6.65.